The molecule has 2 rings (SSSR count). The molecule has 92 valence electrons. The van der Waals surface area contributed by atoms with E-state index in [1.807, 2.05) is 0 Å². The highest BCUT2D eigenvalue weighted by Crippen LogP contribution is 2.01. The van der Waals surface area contributed by atoms with Gasteiger partial charge in [-0.1, -0.05) is 10.6 Å². The van der Waals surface area contributed by atoms with Crippen LogP contribution in [0.25, 0.3) is 0 Å². The summed E-state index contributed by atoms with van der Waals surface area (Å²) >= 11 is 1.10. The molecule has 0 saturated heterocycles. The molecule has 0 aliphatic carbocycles. The minimum Gasteiger partial charge on any atom is -0.477 e. The number of carboxylic acid groups (broad SMARTS) is 1. The Kier molecular flexibility index (Phi) is 3.58. The first-order chi connectivity index (χ1) is 8.66. The Labute approximate surface area is 106 Å². The zero-order valence-electron chi connectivity index (χ0n) is 9.03. The molecule has 0 saturated carbocycles. The SMILES string of the molecule is O=C(O)c1ccc(CNC(=O)c2csnn2)cn1. The van der Waals surface area contributed by atoms with Crippen molar-refractivity contribution in [3.8, 4) is 0 Å². The van der Waals surface area contributed by atoms with E-state index < -0.39 is 5.97 Å². The Bertz CT molecular complexity index is 553. The normalized spacial score (nSPS) is 10.0. The number of carbonyl (C=O) groups excluding carboxylic acids is 1. The summed E-state index contributed by atoms with van der Waals surface area (Å²) in [6, 6.07) is 2.98. The van der Waals surface area contributed by atoms with E-state index >= 15 is 0 Å². The third kappa shape index (κ3) is 2.86. The molecule has 2 heterocycles. The number of amides is 1. The molecule has 2 aromatic rings. The molecule has 2 N–H and O–H groups in total. The number of hydrogen-bond donors (Lipinski definition) is 2. The summed E-state index contributed by atoms with van der Waals surface area (Å²) in [5.74, 6) is -1.41. The molecule has 0 atom stereocenters. The summed E-state index contributed by atoms with van der Waals surface area (Å²) in [6.07, 6.45) is 1.41. The average molecular weight is 264 g/mol. The van der Waals surface area contributed by atoms with Gasteiger partial charge in [0, 0.05) is 18.1 Å². The van der Waals surface area contributed by atoms with Gasteiger partial charge in [-0.25, -0.2) is 9.78 Å². The molecule has 2 aromatic heterocycles. The third-order valence-electron chi connectivity index (χ3n) is 2.09. The maximum absolute atomic E-state index is 11.5. The molecule has 0 aromatic carbocycles. The molecule has 18 heavy (non-hydrogen) atoms. The molecule has 0 spiro atoms. The van der Waals surface area contributed by atoms with E-state index in [4.69, 9.17) is 5.11 Å². The van der Waals surface area contributed by atoms with Crippen LogP contribution in [0.5, 0.6) is 0 Å². The van der Waals surface area contributed by atoms with Gasteiger partial charge in [0.2, 0.25) is 0 Å². The summed E-state index contributed by atoms with van der Waals surface area (Å²) in [5, 5.41) is 16.5. The number of rotatable bonds is 4. The van der Waals surface area contributed by atoms with Crippen LogP contribution in [0, 0.1) is 0 Å². The predicted molar refractivity (Wildman–Crippen MR) is 62.3 cm³/mol. The summed E-state index contributed by atoms with van der Waals surface area (Å²) in [6.45, 7) is 0.253. The summed E-state index contributed by atoms with van der Waals surface area (Å²) in [4.78, 5) is 25.9. The summed E-state index contributed by atoms with van der Waals surface area (Å²) < 4.78 is 3.58. The Hall–Kier alpha value is -2.35. The smallest absolute Gasteiger partial charge is 0.354 e. The molecule has 0 unspecified atom stereocenters. The van der Waals surface area contributed by atoms with Gasteiger partial charge in [-0.3, -0.25) is 4.79 Å². The second-order valence-electron chi connectivity index (χ2n) is 3.33. The fraction of sp³-hybridized carbons (Fsp3) is 0.100. The number of aromatic nitrogens is 3. The van der Waals surface area contributed by atoms with E-state index in [2.05, 4.69) is 19.9 Å². The van der Waals surface area contributed by atoms with Crippen molar-refractivity contribution in [2.45, 2.75) is 6.54 Å². The van der Waals surface area contributed by atoms with Gasteiger partial charge in [0.1, 0.15) is 5.69 Å². The largest absolute Gasteiger partial charge is 0.477 e. The minimum absolute atomic E-state index is 0.0335. The van der Waals surface area contributed by atoms with Gasteiger partial charge in [-0.05, 0) is 23.2 Å². The zero-order chi connectivity index (χ0) is 13.0. The fourth-order valence-corrected chi connectivity index (χ4v) is 1.63. The zero-order valence-corrected chi connectivity index (χ0v) is 9.85. The van der Waals surface area contributed by atoms with Crippen molar-refractivity contribution in [1.29, 1.82) is 0 Å². The third-order valence-corrected chi connectivity index (χ3v) is 2.59. The Balaban J connectivity index is 1.94. The van der Waals surface area contributed by atoms with Gasteiger partial charge in [-0.2, -0.15) is 0 Å². The van der Waals surface area contributed by atoms with Crippen LogP contribution < -0.4 is 5.32 Å². The quantitative estimate of drug-likeness (QED) is 0.836. The van der Waals surface area contributed by atoms with Crippen LogP contribution >= 0.6 is 11.5 Å². The highest BCUT2D eigenvalue weighted by Gasteiger charge is 2.08. The van der Waals surface area contributed by atoms with Crippen LogP contribution in [0.1, 0.15) is 26.5 Å². The number of carbonyl (C=O) groups is 2. The van der Waals surface area contributed by atoms with Gasteiger partial charge < -0.3 is 10.4 Å². The first-order valence-corrected chi connectivity index (χ1v) is 5.74. The molecule has 7 nitrogen and oxygen atoms in total. The lowest BCUT2D eigenvalue weighted by Crippen LogP contribution is -2.23. The molecule has 0 radical (unpaired) electrons. The second-order valence-corrected chi connectivity index (χ2v) is 3.94. The molecular formula is C10H8N4O3S. The van der Waals surface area contributed by atoms with Crippen LogP contribution in [-0.2, 0) is 6.54 Å². The minimum atomic E-state index is -1.08. The number of hydrogen-bond acceptors (Lipinski definition) is 6. The number of nitrogens with one attached hydrogen (secondary N) is 1. The van der Waals surface area contributed by atoms with E-state index in [1.165, 1.54) is 12.3 Å². The molecule has 0 bridgehead atoms. The van der Waals surface area contributed by atoms with Crippen molar-refractivity contribution in [3.05, 3.63) is 40.7 Å². The lowest BCUT2D eigenvalue weighted by Gasteiger charge is -2.03. The van der Waals surface area contributed by atoms with Crippen LogP contribution in [0.2, 0.25) is 0 Å². The Morgan fingerprint density at radius 2 is 2.17 bits per heavy atom. The van der Waals surface area contributed by atoms with Crippen LogP contribution in [0.15, 0.2) is 23.7 Å². The molecule has 8 heteroatoms. The van der Waals surface area contributed by atoms with Gasteiger partial charge >= 0.3 is 5.97 Å². The standard InChI is InChI=1S/C10H8N4O3S/c15-9(8-5-18-14-13-8)12-4-6-1-2-7(10(16)17)11-3-6/h1-3,5H,4H2,(H,12,15)(H,16,17). The van der Waals surface area contributed by atoms with Crippen LogP contribution in [0.3, 0.4) is 0 Å². The van der Waals surface area contributed by atoms with Crippen molar-refractivity contribution in [2.24, 2.45) is 0 Å². The maximum Gasteiger partial charge on any atom is 0.354 e. The molecule has 1 amide bonds. The van der Waals surface area contributed by atoms with Crippen molar-refractivity contribution < 1.29 is 14.7 Å². The first kappa shape index (κ1) is 12.1. The second kappa shape index (κ2) is 5.32. The monoisotopic (exact) mass is 264 g/mol. The average Bonchev–Trinajstić information content (AvgIpc) is 2.90. The molecular weight excluding hydrogens is 256 g/mol. The van der Waals surface area contributed by atoms with Gasteiger partial charge in [0.05, 0.1) is 0 Å². The van der Waals surface area contributed by atoms with E-state index in [0.29, 0.717) is 5.56 Å². The lowest BCUT2D eigenvalue weighted by molar-refractivity contribution is 0.0690. The number of aromatic carboxylic acids is 1. The van der Waals surface area contributed by atoms with E-state index in [1.54, 1.807) is 11.4 Å². The first-order valence-electron chi connectivity index (χ1n) is 4.90. The Morgan fingerprint density at radius 1 is 1.33 bits per heavy atom. The van der Waals surface area contributed by atoms with E-state index in [-0.39, 0.29) is 23.8 Å². The number of pyridine rings is 1. The topological polar surface area (TPSA) is 105 Å². The molecule has 0 aliphatic heterocycles. The van der Waals surface area contributed by atoms with Crippen molar-refractivity contribution in [1.82, 2.24) is 19.9 Å². The van der Waals surface area contributed by atoms with Gasteiger partial charge in [0.25, 0.3) is 5.91 Å². The van der Waals surface area contributed by atoms with Crippen LogP contribution in [0.4, 0.5) is 0 Å². The van der Waals surface area contributed by atoms with Gasteiger partial charge in [-0.15, -0.1) is 5.10 Å². The fourth-order valence-electron chi connectivity index (χ4n) is 1.19. The van der Waals surface area contributed by atoms with E-state index in [9.17, 15) is 9.59 Å². The maximum atomic E-state index is 11.5. The van der Waals surface area contributed by atoms with Crippen LogP contribution in [-0.4, -0.2) is 31.6 Å². The highest BCUT2D eigenvalue weighted by molar-refractivity contribution is 7.03. The molecule has 0 aliphatic rings. The predicted octanol–water partition coefficient (Wildman–Crippen LogP) is 0.561. The molecule has 0 fully saturated rings. The summed E-state index contributed by atoms with van der Waals surface area (Å²) in [5.41, 5.74) is 0.931. The van der Waals surface area contributed by atoms with Crippen molar-refractivity contribution in [2.75, 3.05) is 0 Å². The van der Waals surface area contributed by atoms with Crippen molar-refractivity contribution in [3.63, 3.8) is 0 Å². The van der Waals surface area contributed by atoms with Crippen molar-refractivity contribution >= 4 is 23.4 Å². The summed E-state index contributed by atoms with van der Waals surface area (Å²) in [7, 11) is 0. The number of nitrogens with zero attached hydrogens (tertiary/aromatic N) is 3. The lowest BCUT2D eigenvalue weighted by atomic mass is 10.2. The Morgan fingerprint density at radius 3 is 2.72 bits per heavy atom. The van der Waals surface area contributed by atoms with E-state index in [0.717, 1.165) is 11.5 Å². The number of carboxylic acids is 1. The highest BCUT2D eigenvalue weighted by atomic mass is 32.1. The van der Waals surface area contributed by atoms with Gasteiger partial charge in [0.15, 0.2) is 5.69 Å².